The van der Waals surface area contributed by atoms with E-state index in [1.54, 1.807) is 18.2 Å². The second-order valence-corrected chi connectivity index (χ2v) is 10.5. The molecule has 1 fully saturated rings. The summed E-state index contributed by atoms with van der Waals surface area (Å²) < 4.78 is 5.35. The van der Waals surface area contributed by atoms with Gasteiger partial charge >= 0.3 is 0 Å². The van der Waals surface area contributed by atoms with Crippen molar-refractivity contribution < 1.29 is 19.1 Å². The lowest BCUT2D eigenvalue weighted by atomic mass is 9.87. The molecule has 1 saturated heterocycles. The Hall–Kier alpha value is -3.25. The van der Waals surface area contributed by atoms with Gasteiger partial charge in [-0.1, -0.05) is 32.4 Å². The first-order valence-corrected chi connectivity index (χ1v) is 12.0. The highest BCUT2D eigenvalue weighted by atomic mass is 35.5. The van der Waals surface area contributed by atoms with Crippen molar-refractivity contribution in [2.45, 2.75) is 58.5 Å². The fourth-order valence-corrected chi connectivity index (χ4v) is 4.49. The zero-order valence-electron chi connectivity index (χ0n) is 20.5. The second-order valence-electron chi connectivity index (χ2n) is 10.1. The number of nitrogens with zero attached hydrogens (tertiary/aromatic N) is 1. The Labute approximate surface area is 209 Å². The van der Waals surface area contributed by atoms with Crippen LogP contribution in [0.15, 0.2) is 18.2 Å². The molecule has 0 aliphatic carbocycles. The van der Waals surface area contributed by atoms with E-state index in [0.717, 1.165) is 6.42 Å². The zero-order valence-corrected chi connectivity index (χ0v) is 21.2. The van der Waals surface area contributed by atoms with Crippen LogP contribution in [0.25, 0.3) is 10.9 Å². The van der Waals surface area contributed by atoms with Gasteiger partial charge in [0.25, 0.3) is 5.91 Å². The minimum absolute atomic E-state index is 0.0976. The highest BCUT2D eigenvalue weighted by molar-refractivity contribution is 6.31. The quantitative estimate of drug-likeness (QED) is 0.440. The average molecular weight is 502 g/mol. The molecule has 0 spiro atoms. The molecule has 1 aliphatic heterocycles. The van der Waals surface area contributed by atoms with Gasteiger partial charge in [0.1, 0.15) is 23.5 Å². The number of aromatic amines is 1. The molecule has 188 valence electrons. The third kappa shape index (κ3) is 6.89. The fraction of sp³-hybridized carbons (Fsp3) is 0.520. The molecular weight excluding hydrogens is 470 g/mol. The number of halogens is 1. The van der Waals surface area contributed by atoms with Crippen LogP contribution < -0.4 is 20.7 Å². The van der Waals surface area contributed by atoms with E-state index in [4.69, 9.17) is 16.3 Å². The van der Waals surface area contributed by atoms with Crippen molar-refractivity contribution in [3.8, 4) is 11.8 Å². The van der Waals surface area contributed by atoms with E-state index in [0.29, 0.717) is 41.1 Å². The monoisotopic (exact) mass is 501 g/mol. The van der Waals surface area contributed by atoms with Gasteiger partial charge in [-0.2, -0.15) is 5.26 Å². The number of fused-ring (bicyclic) bond motifs is 1. The molecule has 3 atom stereocenters. The molecule has 1 aromatic carbocycles. The molecule has 0 radical (unpaired) electrons. The van der Waals surface area contributed by atoms with E-state index in [2.05, 4.69) is 27.0 Å². The summed E-state index contributed by atoms with van der Waals surface area (Å²) in [7, 11) is 1.52. The first-order chi connectivity index (χ1) is 16.5. The van der Waals surface area contributed by atoms with E-state index in [1.165, 1.54) is 7.11 Å². The molecule has 3 amide bonds. The van der Waals surface area contributed by atoms with Gasteiger partial charge in [0.2, 0.25) is 11.8 Å². The van der Waals surface area contributed by atoms with Gasteiger partial charge in [-0.15, -0.1) is 0 Å². The summed E-state index contributed by atoms with van der Waals surface area (Å²) in [6.45, 7) is 6.51. The normalized spacial score (nSPS) is 17.7. The van der Waals surface area contributed by atoms with Crippen LogP contribution in [0.4, 0.5) is 0 Å². The summed E-state index contributed by atoms with van der Waals surface area (Å²) in [5.41, 5.74) is 0.604. The number of amides is 3. The highest BCUT2D eigenvalue weighted by Gasteiger charge is 2.31. The third-order valence-electron chi connectivity index (χ3n) is 5.96. The van der Waals surface area contributed by atoms with Crippen LogP contribution in [0.5, 0.6) is 5.75 Å². The molecule has 0 saturated carbocycles. The number of H-pyrrole nitrogens is 1. The molecule has 2 heterocycles. The minimum atomic E-state index is -0.879. The maximum Gasteiger partial charge on any atom is 0.268 e. The third-order valence-corrected chi connectivity index (χ3v) is 6.18. The van der Waals surface area contributed by atoms with Crippen molar-refractivity contribution in [2.24, 2.45) is 11.3 Å². The Morgan fingerprint density at radius 1 is 1.29 bits per heavy atom. The number of hydrogen-bond acceptors (Lipinski definition) is 5. The summed E-state index contributed by atoms with van der Waals surface area (Å²) in [6.07, 6.45) is 2.09. The van der Waals surface area contributed by atoms with Crippen LogP contribution in [0, 0.1) is 22.7 Å². The van der Waals surface area contributed by atoms with E-state index < -0.39 is 23.9 Å². The maximum absolute atomic E-state index is 13.2. The van der Waals surface area contributed by atoms with Crippen LogP contribution in [0.3, 0.4) is 0 Å². The molecule has 2 aromatic rings. The highest BCUT2D eigenvalue weighted by Crippen LogP contribution is 2.30. The Kier molecular flexibility index (Phi) is 8.28. The Morgan fingerprint density at radius 3 is 2.66 bits per heavy atom. The minimum Gasteiger partial charge on any atom is -0.496 e. The smallest absolute Gasteiger partial charge is 0.268 e. The predicted molar refractivity (Wildman–Crippen MR) is 133 cm³/mol. The topological polar surface area (TPSA) is 136 Å². The number of hydrogen-bond donors (Lipinski definition) is 4. The van der Waals surface area contributed by atoms with Crippen LogP contribution in [-0.2, 0) is 9.59 Å². The van der Waals surface area contributed by atoms with Gasteiger partial charge in [0.05, 0.1) is 18.7 Å². The molecule has 1 aliphatic rings. The number of piperidine rings is 1. The summed E-state index contributed by atoms with van der Waals surface area (Å²) in [6, 6.07) is 5.36. The number of ether oxygens (including phenoxy) is 1. The van der Waals surface area contributed by atoms with Crippen molar-refractivity contribution in [1.82, 2.24) is 20.9 Å². The van der Waals surface area contributed by atoms with Crippen LogP contribution in [0.2, 0.25) is 5.02 Å². The number of benzene rings is 1. The second kappa shape index (κ2) is 11.0. The molecule has 0 bridgehead atoms. The van der Waals surface area contributed by atoms with Gasteiger partial charge in [-0.3, -0.25) is 14.4 Å². The molecule has 3 rings (SSSR count). The summed E-state index contributed by atoms with van der Waals surface area (Å²) in [5.74, 6) is -0.829. The number of aromatic nitrogens is 1. The van der Waals surface area contributed by atoms with Crippen molar-refractivity contribution >= 4 is 40.2 Å². The number of nitrogens with one attached hydrogen (secondary N) is 4. The largest absolute Gasteiger partial charge is 0.496 e. The van der Waals surface area contributed by atoms with Crippen molar-refractivity contribution in [2.75, 3.05) is 13.7 Å². The maximum atomic E-state index is 13.2. The SMILES string of the molecule is COc1cc(Cl)cc2[nH]c(C(=O)N[C@@H](CC(C)(C)C)C(=O)N[C@H](C#N)CC3CCCNC3=O)cc12. The molecular formula is C25H32ClN5O4. The fourth-order valence-electron chi connectivity index (χ4n) is 4.28. The Balaban J connectivity index is 1.76. The number of nitriles is 1. The summed E-state index contributed by atoms with van der Waals surface area (Å²) in [5, 5.41) is 19.1. The standard InChI is InChI=1S/C25H32ClN5O4/c1-25(2,3)12-20(24(34)29-16(13-27)8-14-6-5-7-28-22(14)32)31-23(33)19-11-17-18(30-19)9-15(26)10-21(17)35-4/h9-11,14,16,20,30H,5-8,12H2,1-4H3,(H,28,32)(H,29,34)(H,31,33)/t14?,16-,20-/m0/s1. The lowest BCUT2D eigenvalue weighted by Gasteiger charge is -2.28. The molecule has 35 heavy (non-hydrogen) atoms. The lowest BCUT2D eigenvalue weighted by Crippen LogP contribution is -2.51. The number of carbonyl (C=O) groups is 3. The van der Waals surface area contributed by atoms with Crippen LogP contribution in [0.1, 0.15) is 56.9 Å². The molecule has 9 nitrogen and oxygen atoms in total. The van der Waals surface area contributed by atoms with Crippen LogP contribution >= 0.6 is 11.6 Å². The Morgan fingerprint density at radius 2 is 2.03 bits per heavy atom. The van der Waals surface area contributed by atoms with Crippen molar-refractivity contribution in [3.05, 3.63) is 28.9 Å². The van der Waals surface area contributed by atoms with Gasteiger partial charge in [-0.05, 0) is 49.3 Å². The predicted octanol–water partition coefficient (Wildman–Crippen LogP) is 3.29. The van der Waals surface area contributed by atoms with Gasteiger partial charge in [0, 0.05) is 22.9 Å². The molecule has 4 N–H and O–H groups in total. The van der Waals surface area contributed by atoms with Crippen molar-refractivity contribution in [3.63, 3.8) is 0 Å². The van der Waals surface area contributed by atoms with E-state index in [1.807, 2.05) is 20.8 Å². The van der Waals surface area contributed by atoms with Gasteiger partial charge in [0.15, 0.2) is 0 Å². The lowest BCUT2D eigenvalue weighted by molar-refractivity contribution is -0.128. The zero-order chi connectivity index (χ0) is 25.8. The molecule has 10 heteroatoms. The molecule has 1 unspecified atom stereocenters. The molecule has 1 aromatic heterocycles. The van der Waals surface area contributed by atoms with Crippen LogP contribution in [-0.4, -0.2) is 48.4 Å². The average Bonchev–Trinajstić information content (AvgIpc) is 3.22. The summed E-state index contributed by atoms with van der Waals surface area (Å²) >= 11 is 6.13. The van der Waals surface area contributed by atoms with Gasteiger partial charge in [-0.25, -0.2) is 0 Å². The van der Waals surface area contributed by atoms with Gasteiger partial charge < -0.3 is 25.7 Å². The number of rotatable bonds is 8. The number of methoxy groups -OCH3 is 1. The van der Waals surface area contributed by atoms with E-state index in [9.17, 15) is 19.6 Å². The first kappa shape index (κ1) is 26.4. The van der Waals surface area contributed by atoms with Crippen molar-refractivity contribution in [1.29, 1.82) is 5.26 Å². The van der Waals surface area contributed by atoms with E-state index >= 15 is 0 Å². The first-order valence-electron chi connectivity index (χ1n) is 11.7. The Bertz CT molecular complexity index is 1150. The summed E-state index contributed by atoms with van der Waals surface area (Å²) in [4.78, 5) is 41.4. The number of carbonyl (C=O) groups excluding carboxylic acids is 3. The van der Waals surface area contributed by atoms with E-state index in [-0.39, 0.29) is 29.4 Å².